The number of benzene rings is 2. The number of fused-ring (bicyclic) bond motifs is 4. The molecule has 0 nitrogen and oxygen atoms in total. The van der Waals surface area contributed by atoms with Crippen LogP contribution in [-0.2, 0) is 0 Å². The van der Waals surface area contributed by atoms with Gasteiger partial charge >= 0.3 is 0 Å². The Morgan fingerprint density at radius 2 is 1.00 bits per heavy atom. The van der Waals surface area contributed by atoms with Gasteiger partial charge in [-0.15, -0.1) is 0 Å². The highest BCUT2D eigenvalue weighted by Gasteiger charge is 2.33. The van der Waals surface area contributed by atoms with E-state index in [1.54, 1.807) is 33.4 Å². The summed E-state index contributed by atoms with van der Waals surface area (Å²) >= 11 is 0. The predicted octanol–water partition coefficient (Wildman–Crippen LogP) is 6.70. The summed E-state index contributed by atoms with van der Waals surface area (Å²) in [6.07, 6.45) is 4.89. The molecule has 0 aliphatic heterocycles. The van der Waals surface area contributed by atoms with Crippen LogP contribution >= 0.6 is 0 Å². The maximum absolute atomic E-state index is 2.41. The van der Waals surface area contributed by atoms with Crippen molar-refractivity contribution in [3.05, 3.63) is 81.9 Å². The average Bonchev–Trinajstić information content (AvgIpc) is 3.01. The zero-order chi connectivity index (χ0) is 16.3. The Balaban J connectivity index is 1.56. The van der Waals surface area contributed by atoms with Gasteiger partial charge in [-0.05, 0) is 59.1 Å². The van der Waals surface area contributed by atoms with Crippen LogP contribution in [0.15, 0.2) is 59.7 Å². The molecule has 0 bridgehead atoms. The fourth-order valence-corrected chi connectivity index (χ4v) is 5.39. The van der Waals surface area contributed by atoms with Crippen LogP contribution in [0.5, 0.6) is 0 Å². The minimum absolute atomic E-state index is 0.609. The summed E-state index contributed by atoms with van der Waals surface area (Å²) in [7, 11) is 0. The smallest absolute Gasteiger partial charge is 0.00320 e. The van der Waals surface area contributed by atoms with Crippen molar-refractivity contribution in [2.75, 3.05) is 0 Å². The average molecular weight is 312 g/mol. The molecule has 0 fully saturated rings. The molecule has 3 aliphatic rings. The standard InChI is InChI=1S/C24H24/c1-15-17-7-3-5-9-21(17)23-13-14-24-20(12-11-19(15)23)16(2)18-8-4-6-10-22(18)24/h3-10,15-16H,11-14H2,1-2H3. The van der Waals surface area contributed by atoms with Gasteiger partial charge in [-0.25, -0.2) is 0 Å². The first kappa shape index (κ1) is 14.3. The van der Waals surface area contributed by atoms with Gasteiger partial charge in [0.25, 0.3) is 0 Å². The molecule has 3 aliphatic carbocycles. The zero-order valence-corrected chi connectivity index (χ0v) is 14.6. The molecule has 120 valence electrons. The van der Waals surface area contributed by atoms with Crippen LogP contribution in [0.2, 0.25) is 0 Å². The molecule has 2 aromatic carbocycles. The van der Waals surface area contributed by atoms with Gasteiger partial charge in [0.15, 0.2) is 0 Å². The third-order valence-electron chi connectivity index (χ3n) is 6.61. The Morgan fingerprint density at radius 1 is 0.583 bits per heavy atom. The lowest BCUT2D eigenvalue weighted by atomic mass is 9.85. The molecule has 0 aromatic heterocycles. The molecule has 2 atom stereocenters. The van der Waals surface area contributed by atoms with Crippen molar-refractivity contribution in [3.8, 4) is 0 Å². The van der Waals surface area contributed by atoms with Gasteiger partial charge in [0.1, 0.15) is 0 Å². The SMILES string of the molecule is CC1C2=C(CCC3=C(CC2)C(C)c2ccccc23)c2ccccc21. The second-order valence-corrected chi connectivity index (χ2v) is 7.63. The first-order chi connectivity index (χ1) is 11.8. The molecular formula is C24H24. The molecule has 0 saturated carbocycles. The van der Waals surface area contributed by atoms with E-state index in [0.717, 1.165) is 0 Å². The lowest BCUT2D eigenvalue weighted by molar-refractivity contribution is 0.759. The van der Waals surface area contributed by atoms with Crippen molar-refractivity contribution in [2.45, 2.75) is 51.4 Å². The van der Waals surface area contributed by atoms with Crippen LogP contribution in [0.3, 0.4) is 0 Å². The Kier molecular flexibility index (Phi) is 3.10. The molecule has 2 aromatic rings. The van der Waals surface area contributed by atoms with Crippen LogP contribution in [0, 0.1) is 0 Å². The lowest BCUT2D eigenvalue weighted by Gasteiger charge is -2.19. The van der Waals surface area contributed by atoms with Gasteiger partial charge in [0.05, 0.1) is 0 Å². The molecule has 0 saturated heterocycles. The van der Waals surface area contributed by atoms with E-state index in [1.807, 2.05) is 0 Å². The molecule has 0 heterocycles. The molecular weight excluding hydrogens is 288 g/mol. The Labute approximate surface area is 144 Å². The number of allylic oxidation sites excluding steroid dienone is 4. The minimum Gasteiger partial charge on any atom is -0.0619 e. The van der Waals surface area contributed by atoms with Crippen molar-refractivity contribution in [1.29, 1.82) is 0 Å². The number of rotatable bonds is 0. The Hall–Kier alpha value is -2.08. The summed E-state index contributed by atoms with van der Waals surface area (Å²) in [6, 6.07) is 18.2. The fraction of sp³-hybridized carbons (Fsp3) is 0.333. The fourth-order valence-electron chi connectivity index (χ4n) is 5.39. The largest absolute Gasteiger partial charge is 0.0619 e. The van der Waals surface area contributed by atoms with Gasteiger partial charge in [0.2, 0.25) is 0 Å². The van der Waals surface area contributed by atoms with Crippen molar-refractivity contribution >= 4 is 11.1 Å². The van der Waals surface area contributed by atoms with Crippen molar-refractivity contribution < 1.29 is 0 Å². The van der Waals surface area contributed by atoms with E-state index in [1.165, 1.54) is 36.8 Å². The molecule has 0 amide bonds. The summed E-state index contributed by atoms with van der Waals surface area (Å²) < 4.78 is 0. The summed E-state index contributed by atoms with van der Waals surface area (Å²) in [6.45, 7) is 4.82. The molecule has 2 unspecified atom stereocenters. The van der Waals surface area contributed by atoms with Crippen LogP contribution < -0.4 is 0 Å². The quantitative estimate of drug-likeness (QED) is 0.507. The monoisotopic (exact) mass is 312 g/mol. The molecule has 0 N–H and O–H groups in total. The highest BCUT2D eigenvalue weighted by molar-refractivity contribution is 5.83. The maximum Gasteiger partial charge on any atom is 0.00320 e. The van der Waals surface area contributed by atoms with Gasteiger partial charge < -0.3 is 0 Å². The lowest BCUT2D eigenvalue weighted by Crippen LogP contribution is -2.00. The summed E-state index contributed by atoms with van der Waals surface area (Å²) in [5.41, 5.74) is 12.9. The normalized spacial score (nSPS) is 24.9. The minimum atomic E-state index is 0.609. The van der Waals surface area contributed by atoms with E-state index in [0.29, 0.717) is 11.8 Å². The first-order valence-electron chi connectivity index (χ1n) is 9.38. The summed E-state index contributed by atoms with van der Waals surface area (Å²) in [5, 5.41) is 0. The molecule has 0 radical (unpaired) electrons. The molecule has 0 heteroatoms. The van der Waals surface area contributed by atoms with E-state index in [-0.39, 0.29) is 0 Å². The number of hydrogen-bond donors (Lipinski definition) is 0. The maximum atomic E-state index is 2.41. The Morgan fingerprint density at radius 3 is 1.46 bits per heavy atom. The highest BCUT2D eigenvalue weighted by atomic mass is 14.4. The van der Waals surface area contributed by atoms with Crippen molar-refractivity contribution in [1.82, 2.24) is 0 Å². The molecule has 24 heavy (non-hydrogen) atoms. The van der Waals surface area contributed by atoms with Crippen molar-refractivity contribution in [3.63, 3.8) is 0 Å². The second kappa shape index (κ2) is 5.21. The molecule has 0 spiro atoms. The van der Waals surface area contributed by atoms with Gasteiger partial charge in [-0.2, -0.15) is 0 Å². The zero-order valence-electron chi connectivity index (χ0n) is 14.6. The molecule has 5 rings (SSSR count). The first-order valence-corrected chi connectivity index (χ1v) is 9.38. The third kappa shape index (κ3) is 1.86. The van der Waals surface area contributed by atoms with E-state index in [9.17, 15) is 0 Å². The number of hydrogen-bond acceptors (Lipinski definition) is 0. The van der Waals surface area contributed by atoms with Gasteiger partial charge in [-0.3, -0.25) is 0 Å². The van der Waals surface area contributed by atoms with Crippen LogP contribution in [0.4, 0.5) is 0 Å². The summed E-state index contributed by atoms with van der Waals surface area (Å²) in [5.74, 6) is 1.22. The van der Waals surface area contributed by atoms with E-state index >= 15 is 0 Å². The van der Waals surface area contributed by atoms with Gasteiger partial charge in [-0.1, -0.05) is 73.5 Å². The second-order valence-electron chi connectivity index (χ2n) is 7.63. The predicted molar refractivity (Wildman–Crippen MR) is 102 cm³/mol. The van der Waals surface area contributed by atoms with Crippen LogP contribution in [0.1, 0.15) is 73.6 Å². The topological polar surface area (TPSA) is 0 Å². The highest BCUT2D eigenvalue weighted by Crippen LogP contribution is 2.52. The van der Waals surface area contributed by atoms with Crippen LogP contribution in [0.25, 0.3) is 11.1 Å². The third-order valence-corrected chi connectivity index (χ3v) is 6.61. The van der Waals surface area contributed by atoms with Crippen LogP contribution in [-0.4, -0.2) is 0 Å². The van der Waals surface area contributed by atoms with E-state index in [4.69, 9.17) is 0 Å². The van der Waals surface area contributed by atoms with E-state index in [2.05, 4.69) is 62.4 Å². The van der Waals surface area contributed by atoms with Crippen molar-refractivity contribution in [2.24, 2.45) is 0 Å². The Bertz CT molecular complexity index is 818. The van der Waals surface area contributed by atoms with Gasteiger partial charge in [0, 0.05) is 11.8 Å². The van der Waals surface area contributed by atoms with E-state index < -0.39 is 0 Å². The summed E-state index contributed by atoms with van der Waals surface area (Å²) in [4.78, 5) is 0.